The summed E-state index contributed by atoms with van der Waals surface area (Å²) in [4.78, 5) is 37.1. The fourth-order valence-corrected chi connectivity index (χ4v) is 5.81. The molecule has 4 fully saturated rings. The Balaban J connectivity index is 0.00000133. The van der Waals surface area contributed by atoms with Crippen LogP contribution in [0.1, 0.15) is 50.0 Å². The largest absolute Gasteiger partial charge is 0.449 e. The highest BCUT2D eigenvalue weighted by Crippen LogP contribution is 2.48. The summed E-state index contributed by atoms with van der Waals surface area (Å²) >= 11 is 0. The van der Waals surface area contributed by atoms with Gasteiger partial charge in [-0.2, -0.15) is 0 Å². The standard InChI is InChI=1S/C23H27F2N3O4.CH3B/c24-18-7-16(8-19(25)21(18)17-3-4-20(29)27-22(17)30)28-9-15(10-28)26-23(31)32-11-14-6-12-1-2-13(14)5-12;1-2/h7-8,12-15,17H,1-6,9-11H2,(H,26,31)(H,27,29,30);1H3. The highest BCUT2D eigenvalue weighted by Gasteiger charge is 2.40. The number of imide groups is 1. The van der Waals surface area contributed by atoms with Gasteiger partial charge in [0.2, 0.25) is 11.8 Å². The van der Waals surface area contributed by atoms with Crippen LogP contribution in [0.5, 0.6) is 0 Å². The Morgan fingerprint density at radius 3 is 2.44 bits per heavy atom. The average molecular weight is 473 g/mol. The van der Waals surface area contributed by atoms with Crippen LogP contribution in [0, 0.1) is 29.4 Å². The van der Waals surface area contributed by atoms with Gasteiger partial charge >= 0.3 is 6.09 Å². The van der Waals surface area contributed by atoms with Crippen LogP contribution in [0.4, 0.5) is 19.3 Å². The second-order valence-corrected chi connectivity index (χ2v) is 9.61. The maximum atomic E-state index is 14.7. The number of hydrogen-bond donors (Lipinski definition) is 2. The van der Waals surface area contributed by atoms with Crippen molar-refractivity contribution in [2.45, 2.75) is 57.3 Å². The number of hydrogen-bond acceptors (Lipinski definition) is 5. The number of anilines is 1. The predicted octanol–water partition coefficient (Wildman–Crippen LogP) is 3.04. The lowest BCUT2D eigenvalue weighted by molar-refractivity contribution is -0.134. The van der Waals surface area contributed by atoms with Crippen molar-refractivity contribution >= 4 is 31.4 Å². The molecule has 10 heteroatoms. The smallest absolute Gasteiger partial charge is 0.407 e. The average Bonchev–Trinajstić information content (AvgIpc) is 3.40. The molecule has 3 amide bonds. The summed E-state index contributed by atoms with van der Waals surface area (Å²) in [5.74, 6) is -1.77. The summed E-state index contributed by atoms with van der Waals surface area (Å²) in [6, 6.07) is 2.25. The van der Waals surface area contributed by atoms with Gasteiger partial charge < -0.3 is 15.0 Å². The van der Waals surface area contributed by atoms with Gasteiger partial charge in [-0.05, 0) is 55.6 Å². The molecule has 2 N–H and O–H groups in total. The Morgan fingerprint density at radius 1 is 1.15 bits per heavy atom. The van der Waals surface area contributed by atoms with E-state index >= 15 is 0 Å². The first-order chi connectivity index (χ1) is 16.4. The highest BCUT2D eigenvalue weighted by atomic mass is 19.1. The Kier molecular flexibility index (Phi) is 7.43. The number of amides is 3. The number of alkyl carbamates (subject to hydrolysis) is 1. The minimum absolute atomic E-state index is 0.0502. The lowest BCUT2D eigenvalue weighted by Gasteiger charge is -2.41. The fraction of sp³-hybridized carbons (Fsp3) is 0.625. The van der Waals surface area contributed by atoms with Gasteiger partial charge in [0.25, 0.3) is 0 Å². The molecular weight excluding hydrogens is 443 g/mol. The van der Waals surface area contributed by atoms with Gasteiger partial charge in [0.05, 0.1) is 26.4 Å². The van der Waals surface area contributed by atoms with Gasteiger partial charge in [0.15, 0.2) is 0 Å². The summed E-state index contributed by atoms with van der Waals surface area (Å²) in [5.41, 5.74) is 0.0441. The minimum atomic E-state index is -1.02. The molecule has 2 bridgehead atoms. The first kappa shape index (κ1) is 24.5. The fourth-order valence-electron chi connectivity index (χ4n) is 5.81. The van der Waals surface area contributed by atoms with E-state index in [0.29, 0.717) is 37.2 Å². The molecule has 2 saturated carbocycles. The van der Waals surface area contributed by atoms with Crippen LogP contribution in [0.2, 0.25) is 6.82 Å². The Bertz CT molecular complexity index is 933. The topological polar surface area (TPSA) is 87.7 Å². The predicted molar refractivity (Wildman–Crippen MR) is 123 cm³/mol. The van der Waals surface area contributed by atoms with E-state index in [1.165, 1.54) is 38.2 Å². The first-order valence-electron chi connectivity index (χ1n) is 12.0. The SMILES string of the molecule is O=C1CCC(c2c(F)cc(N3CC(NC(=O)OCC4CC5CCC4C5)C3)cc2F)C(=O)N1.[B]C. The maximum Gasteiger partial charge on any atom is 0.407 e. The molecule has 0 aromatic heterocycles. The molecule has 1 aromatic carbocycles. The Labute approximate surface area is 199 Å². The minimum Gasteiger partial charge on any atom is -0.449 e. The van der Waals surface area contributed by atoms with Crippen molar-refractivity contribution in [1.82, 2.24) is 10.6 Å². The second kappa shape index (κ2) is 10.3. The number of ether oxygens (including phenoxy) is 1. The molecule has 7 nitrogen and oxygen atoms in total. The molecule has 2 heterocycles. The number of fused-ring (bicyclic) bond motifs is 2. The van der Waals surface area contributed by atoms with E-state index in [1.54, 1.807) is 4.90 Å². The molecule has 182 valence electrons. The zero-order valence-corrected chi connectivity index (χ0v) is 19.3. The first-order valence-corrected chi connectivity index (χ1v) is 12.0. The normalized spacial score (nSPS) is 28.0. The van der Waals surface area contributed by atoms with E-state index in [0.717, 1.165) is 12.3 Å². The molecule has 2 aliphatic carbocycles. The van der Waals surface area contributed by atoms with Gasteiger partial charge in [0, 0.05) is 30.8 Å². The molecule has 4 unspecified atom stereocenters. The summed E-state index contributed by atoms with van der Waals surface area (Å²) in [5, 5.41) is 4.94. The zero-order chi connectivity index (χ0) is 24.4. The van der Waals surface area contributed by atoms with E-state index in [-0.39, 0.29) is 24.4 Å². The van der Waals surface area contributed by atoms with Gasteiger partial charge in [-0.15, -0.1) is 0 Å². The Hall–Kier alpha value is -2.65. The molecule has 4 aliphatic rings. The molecule has 1 aromatic rings. The van der Waals surface area contributed by atoms with Crippen molar-refractivity contribution < 1.29 is 27.9 Å². The van der Waals surface area contributed by atoms with Crippen LogP contribution >= 0.6 is 0 Å². The summed E-state index contributed by atoms with van der Waals surface area (Å²) in [6.07, 6.45) is 4.66. The van der Waals surface area contributed by atoms with Gasteiger partial charge in [0.1, 0.15) is 11.6 Å². The quantitative estimate of drug-likeness (QED) is 0.507. The van der Waals surface area contributed by atoms with Gasteiger partial charge in [-0.1, -0.05) is 13.2 Å². The molecular formula is C24H30BF2N3O4. The third kappa shape index (κ3) is 5.05. The number of halogens is 2. The van der Waals surface area contributed by atoms with Crippen molar-refractivity contribution in [3.63, 3.8) is 0 Å². The highest BCUT2D eigenvalue weighted by molar-refractivity contribution is 6.05. The molecule has 34 heavy (non-hydrogen) atoms. The van der Waals surface area contributed by atoms with Crippen molar-refractivity contribution in [1.29, 1.82) is 0 Å². The number of rotatable bonds is 5. The number of nitrogens with one attached hydrogen (secondary N) is 2. The van der Waals surface area contributed by atoms with Crippen molar-refractivity contribution in [2.24, 2.45) is 17.8 Å². The van der Waals surface area contributed by atoms with Crippen LogP contribution in [-0.4, -0.2) is 51.5 Å². The molecule has 4 atom stereocenters. The number of carbonyl (C=O) groups excluding carboxylic acids is 3. The van der Waals surface area contributed by atoms with Gasteiger partial charge in [-0.3, -0.25) is 14.9 Å². The zero-order valence-electron chi connectivity index (χ0n) is 19.3. The van der Waals surface area contributed by atoms with E-state index in [1.807, 2.05) is 0 Å². The monoisotopic (exact) mass is 473 g/mol. The van der Waals surface area contributed by atoms with Gasteiger partial charge in [-0.25, -0.2) is 13.6 Å². The Morgan fingerprint density at radius 2 is 1.85 bits per heavy atom. The third-order valence-corrected chi connectivity index (χ3v) is 7.53. The van der Waals surface area contributed by atoms with Crippen LogP contribution in [0.15, 0.2) is 12.1 Å². The molecule has 2 saturated heterocycles. The maximum absolute atomic E-state index is 14.7. The number of benzene rings is 1. The van der Waals surface area contributed by atoms with Crippen LogP contribution in [0.3, 0.4) is 0 Å². The van der Waals surface area contributed by atoms with Crippen molar-refractivity contribution in [2.75, 3.05) is 24.6 Å². The van der Waals surface area contributed by atoms with Crippen LogP contribution in [0.25, 0.3) is 0 Å². The van der Waals surface area contributed by atoms with Crippen LogP contribution in [-0.2, 0) is 14.3 Å². The number of nitrogens with zero attached hydrogens (tertiary/aromatic N) is 1. The van der Waals surface area contributed by atoms with Crippen molar-refractivity contribution in [3.8, 4) is 0 Å². The molecule has 2 aliphatic heterocycles. The third-order valence-electron chi connectivity index (χ3n) is 7.53. The van der Waals surface area contributed by atoms with E-state index in [4.69, 9.17) is 4.74 Å². The second-order valence-electron chi connectivity index (χ2n) is 9.61. The number of piperidine rings is 1. The van der Waals surface area contributed by atoms with E-state index < -0.39 is 35.5 Å². The lowest BCUT2D eigenvalue weighted by atomic mass is 9.89. The molecule has 2 radical (unpaired) electrons. The number of carbonyl (C=O) groups is 3. The summed E-state index contributed by atoms with van der Waals surface area (Å²) < 4.78 is 34.8. The van der Waals surface area contributed by atoms with E-state index in [2.05, 4.69) is 18.5 Å². The lowest BCUT2D eigenvalue weighted by Crippen LogP contribution is -2.59. The van der Waals surface area contributed by atoms with Crippen LogP contribution < -0.4 is 15.5 Å². The summed E-state index contributed by atoms with van der Waals surface area (Å²) in [7, 11) is 4.50. The molecule has 0 spiro atoms. The summed E-state index contributed by atoms with van der Waals surface area (Å²) in [6.45, 7) is 2.79. The van der Waals surface area contributed by atoms with E-state index in [9.17, 15) is 23.2 Å². The van der Waals surface area contributed by atoms with Crippen molar-refractivity contribution in [3.05, 3.63) is 29.3 Å². The molecule has 5 rings (SSSR count).